The van der Waals surface area contributed by atoms with Crippen LogP contribution in [-0.4, -0.2) is 24.8 Å². The molecule has 0 spiro atoms. The molecule has 0 amide bonds. The largest absolute Gasteiger partial charge is 0.395 e. The van der Waals surface area contributed by atoms with E-state index in [4.69, 9.17) is 5.11 Å². The Balaban J connectivity index is 1.96. The molecule has 0 aliphatic carbocycles. The molecular weight excluding hydrogens is 170 g/mol. The van der Waals surface area contributed by atoms with Crippen LogP contribution in [0.2, 0.25) is 0 Å². The van der Waals surface area contributed by atoms with E-state index in [1.54, 1.807) is 11.3 Å². The maximum atomic E-state index is 8.49. The van der Waals surface area contributed by atoms with Gasteiger partial charge in [-0.3, -0.25) is 0 Å². The minimum absolute atomic E-state index is 0.235. The highest BCUT2D eigenvalue weighted by molar-refractivity contribution is 7.07. The fourth-order valence-corrected chi connectivity index (χ4v) is 1.76. The van der Waals surface area contributed by atoms with Crippen molar-refractivity contribution in [2.45, 2.75) is 12.8 Å². The molecule has 2 nitrogen and oxygen atoms in total. The van der Waals surface area contributed by atoms with Crippen molar-refractivity contribution in [3.63, 3.8) is 0 Å². The molecule has 0 saturated heterocycles. The number of aliphatic hydroxyl groups is 1. The summed E-state index contributed by atoms with van der Waals surface area (Å²) < 4.78 is 0. The molecule has 12 heavy (non-hydrogen) atoms. The molecule has 0 aliphatic rings. The third-order valence-corrected chi connectivity index (χ3v) is 2.42. The van der Waals surface area contributed by atoms with Gasteiger partial charge in [-0.25, -0.2) is 0 Å². The monoisotopic (exact) mass is 185 g/mol. The standard InChI is InChI=1S/C9H15NOS/c11-6-5-10-4-1-2-9-3-7-12-8-9/h3,7-8,10-11H,1-2,4-6H2. The Kier molecular flexibility index (Phi) is 4.99. The number of hydrogen-bond acceptors (Lipinski definition) is 3. The summed E-state index contributed by atoms with van der Waals surface area (Å²) in [6.45, 7) is 1.94. The Bertz CT molecular complexity index is 186. The number of hydrogen-bond donors (Lipinski definition) is 2. The lowest BCUT2D eigenvalue weighted by Gasteiger charge is -2.00. The van der Waals surface area contributed by atoms with Crippen LogP contribution in [0.4, 0.5) is 0 Å². The van der Waals surface area contributed by atoms with Gasteiger partial charge in [0.1, 0.15) is 0 Å². The Morgan fingerprint density at radius 1 is 1.42 bits per heavy atom. The molecule has 1 rings (SSSR count). The summed E-state index contributed by atoms with van der Waals surface area (Å²) in [5.74, 6) is 0. The van der Waals surface area contributed by atoms with E-state index in [9.17, 15) is 0 Å². The van der Waals surface area contributed by atoms with Gasteiger partial charge in [0, 0.05) is 6.54 Å². The van der Waals surface area contributed by atoms with Gasteiger partial charge in [0.15, 0.2) is 0 Å². The average molecular weight is 185 g/mol. The zero-order valence-electron chi connectivity index (χ0n) is 7.12. The van der Waals surface area contributed by atoms with Crippen LogP contribution in [0.25, 0.3) is 0 Å². The molecule has 1 aromatic heterocycles. The molecule has 0 bridgehead atoms. The molecular formula is C9H15NOS. The lowest BCUT2D eigenvalue weighted by molar-refractivity contribution is 0.292. The third-order valence-electron chi connectivity index (χ3n) is 1.69. The summed E-state index contributed by atoms with van der Waals surface area (Å²) in [6, 6.07) is 2.16. The van der Waals surface area contributed by atoms with Crippen LogP contribution in [0.1, 0.15) is 12.0 Å². The van der Waals surface area contributed by atoms with Crippen LogP contribution >= 0.6 is 11.3 Å². The summed E-state index contributed by atoms with van der Waals surface area (Å²) in [5, 5.41) is 15.9. The highest BCUT2D eigenvalue weighted by Gasteiger charge is 1.92. The van der Waals surface area contributed by atoms with E-state index in [1.165, 1.54) is 5.56 Å². The molecule has 2 N–H and O–H groups in total. The molecule has 1 heterocycles. The van der Waals surface area contributed by atoms with Gasteiger partial charge in [-0.15, -0.1) is 0 Å². The van der Waals surface area contributed by atoms with Crippen LogP contribution in [0.3, 0.4) is 0 Å². The van der Waals surface area contributed by atoms with E-state index in [0.29, 0.717) is 6.54 Å². The molecule has 0 aromatic carbocycles. The van der Waals surface area contributed by atoms with Gasteiger partial charge in [0.2, 0.25) is 0 Å². The lowest BCUT2D eigenvalue weighted by Crippen LogP contribution is -2.19. The average Bonchev–Trinajstić information content (AvgIpc) is 2.57. The second-order valence-corrected chi connectivity index (χ2v) is 3.49. The van der Waals surface area contributed by atoms with E-state index in [1.807, 2.05) is 0 Å². The molecule has 0 atom stereocenters. The number of nitrogens with one attached hydrogen (secondary N) is 1. The van der Waals surface area contributed by atoms with Crippen molar-refractivity contribution >= 4 is 11.3 Å². The highest BCUT2D eigenvalue weighted by Crippen LogP contribution is 2.07. The Morgan fingerprint density at radius 3 is 3.00 bits per heavy atom. The second kappa shape index (κ2) is 6.17. The fourth-order valence-electron chi connectivity index (χ4n) is 1.06. The summed E-state index contributed by atoms with van der Waals surface area (Å²) in [4.78, 5) is 0. The molecule has 68 valence electrons. The van der Waals surface area contributed by atoms with Crippen LogP contribution in [0.15, 0.2) is 16.8 Å². The predicted octanol–water partition coefficient (Wildman–Crippen LogP) is 1.26. The summed E-state index contributed by atoms with van der Waals surface area (Å²) in [6.07, 6.45) is 2.29. The van der Waals surface area contributed by atoms with Gasteiger partial charge in [-0.05, 0) is 41.8 Å². The van der Waals surface area contributed by atoms with Crippen LogP contribution in [-0.2, 0) is 6.42 Å². The van der Waals surface area contributed by atoms with Gasteiger partial charge < -0.3 is 10.4 Å². The first-order valence-electron chi connectivity index (χ1n) is 4.26. The highest BCUT2D eigenvalue weighted by atomic mass is 32.1. The normalized spacial score (nSPS) is 10.4. The molecule has 0 saturated carbocycles. The number of aryl methyl sites for hydroxylation is 1. The predicted molar refractivity (Wildman–Crippen MR) is 52.6 cm³/mol. The van der Waals surface area contributed by atoms with Crippen molar-refractivity contribution in [2.24, 2.45) is 0 Å². The van der Waals surface area contributed by atoms with Crippen molar-refractivity contribution in [3.8, 4) is 0 Å². The molecule has 0 fully saturated rings. The Morgan fingerprint density at radius 2 is 2.33 bits per heavy atom. The first-order chi connectivity index (χ1) is 5.93. The van der Waals surface area contributed by atoms with E-state index in [-0.39, 0.29) is 6.61 Å². The smallest absolute Gasteiger partial charge is 0.0555 e. The lowest BCUT2D eigenvalue weighted by atomic mass is 10.2. The molecule has 3 heteroatoms. The van der Waals surface area contributed by atoms with Crippen molar-refractivity contribution in [1.29, 1.82) is 0 Å². The van der Waals surface area contributed by atoms with E-state index < -0.39 is 0 Å². The third kappa shape index (κ3) is 3.85. The fraction of sp³-hybridized carbons (Fsp3) is 0.556. The zero-order valence-corrected chi connectivity index (χ0v) is 7.94. The number of rotatable bonds is 6. The van der Waals surface area contributed by atoms with Crippen LogP contribution < -0.4 is 5.32 Å². The summed E-state index contributed by atoms with van der Waals surface area (Å²) >= 11 is 1.75. The first kappa shape index (κ1) is 9.71. The minimum Gasteiger partial charge on any atom is -0.395 e. The molecule has 0 unspecified atom stereocenters. The van der Waals surface area contributed by atoms with E-state index in [2.05, 4.69) is 22.1 Å². The topological polar surface area (TPSA) is 32.3 Å². The van der Waals surface area contributed by atoms with Gasteiger partial charge in [-0.2, -0.15) is 11.3 Å². The van der Waals surface area contributed by atoms with Gasteiger partial charge in [0.25, 0.3) is 0 Å². The quantitative estimate of drug-likeness (QED) is 0.654. The first-order valence-corrected chi connectivity index (χ1v) is 5.20. The number of thiophene rings is 1. The van der Waals surface area contributed by atoms with Crippen molar-refractivity contribution in [2.75, 3.05) is 19.7 Å². The Labute approximate surface area is 77.2 Å². The van der Waals surface area contributed by atoms with Crippen LogP contribution in [0, 0.1) is 0 Å². The minimum atomic E-state index is 0.235. The molecule has 0 aliphatic heterocycles. The number of aliphatic hydroxyl groups excluding tert-OH is 1. The van der Waals surface area contributed by atoms with Crippen molar-refractivity contribution < 1.29 is 5.11 Å². The SMILES string of the molecule is OCCNCCCc1ccsc1. The van der Waals surface area contributed by atoms with Crippen molar-refractivity contribution in [1.82, 2.24) is 5.32 Å². The van der Waals surface area contributed by atoms with E-state index >= 15 is 0 Å². The van der Waals surface area contributed by atoms with Crippen LogP contribution in [0.5, 0.6) is 0 Å². The second-order valence-electron chi connectivity index (χ2n) is 2.71. The summed E-state index contributed by atoms with van der Waals surface area (Å²) in [5.41, 5.74) is 1.42. The Hall–Kier alpha value is -0.380. The summed E-state index contributed by atoms with van der Waals surface area (Å²) in [7, 11) is 0. The zero-order chi connectivity index (χ0) is 8.65. The maximum absolute atomic E-state index is 8.49. The molecule has 0 radical (unpaired) electrons. The van der Waals surface area contributed by atoms with Crippen molar-refractivity contribution in [3.05, 3.63) is 22.4 Å². The molecule has 1 aromatic rings. The van der Waals surface area contributed by atoms with Gasteiger partial charge in [0.05, 0.1) is 6.61 Å². The maximum Gasteiger partial charge on any atom is 0.0555 e. The van der Waals surface area contributed by atoms with E-state index in [0.717, 1.165) is 19.4 Å². The van der Waals surface area contributed by atoms with Gasteiger partial charge in [-0.1, -0.05) is 0 Å². The van der Waals surface area contributed by atoms with Gasteiger partial charge >= 0.3 is 0 Å².